The Balaban J connectivity index is 0.000000111. The Kier molecular flexibility index (Phi) is 2.80. The SMILES string of the molecule is c1ccc2c[nH]cc2c1.c1ccn2nccc2c1. The van der Waals surface area contributed by atoms with Crippen LogP contribution in [0.4, 0.5) is 0 Å². The van der Waals surface area contributed by atoms with E-state index in [1.807, 2.05) is 59.5 Å². The molecular formula is C15H13N3. The number of fused-ring (bicyclic) bond motifs is 2. The van der Waals surface area contributed by atoms with Gasteiger partial charge in [0.2, 0.25) is 0 Å². The third-order valence-electron chi connectivity index (χ3n) is 2.78. The minimum absolute atomic E-state index is 1.14. The number of hydrogen-bond donors (Lipinski definition) is 1. The van der Waals surface area contributed by atoms with Gasteiger partial charge in [-0.3, -0.25) is 0 Å². The standard InChI is InChI=1S/C8H7N.C7H6N2/c1-2-4-8-6-9-5-7(8)3-1;1-2-6-9-7(3-1)4-5-8-9/h1-6,9H;1-6H. The molecule has 0 unspecified atom stereocenters. The number of H-pyrrole nitrogens is 1. The lowest BCUT2D eigenvalue weighted by Gasteiger charge is -1.86. The molecule has 1 N–H and O–H groups in total. The Morgan fingerprint density at radius 2 is 1.56 bits per heavy atom. The molecule has 3 aromatic heterocycles. The van der Waals surface area contributed by atoms with Crippen LogP contribution in [-0.4, -0.2) is 14.6 Å². The largest absolute Gasteiger partial charge is 0.366 e. The number of pyridine rings is 1. The van der Waals surface area contributed by atoms with E-state index >= 15 is 0 Å². The molecule has 0 fully saturated rings. The van der Waals surface area contributed by atoms with Crippen LogP contribution in [0.2, 0.25) is 0 Å². The van der Waals surface area contributed by atoms with Gasteiger partial charge in [0, 0.05) is 24.8 Å². The number of nitrogens with zero attached hydrogens (tertiary/aromatic N) is 2. The monoisotopic (exact) mass is 235 g/mol. The van der Waals surface area contributed by atoms with E-state index in [2.05, 4.69) is 22.2 Å². The molecule has 0 saturated heterocycles. The minimum Gasteiger partial charge on any atom is -0.366 e. The van der Waals surface area contributed by atoms with Gasteiger partial charge >= 0.3 is 0 Å². The van der Waals surface area contributed by atoms with Gasteiger partial charge in [-0.25, -0.2) is 4.52 Å². The molecule has 88 valence electrons. The molecule has 0 amide bonds. The van der Waals surface area contributed by atoms with E-state index in [1.165, 1.54) is 10.8 Å². The van der Waals surface area contributed by atoms with Crippen LogP contribution < -0.4 is 0 Å². The summed E-state index contributed by atoms with van der Waals surface area (Å²) in [6.07, 6.45) is 7.70. The van der Waals surface area contributed by atoms with Crippen LogP contribution in [0.3, 0.4) is 0 Å². The van der Waals surface area contributed by atoms with Crippen LogP contribution >= 0.6 is 0 Å². The highest BCUT2D eigenvalue weighted by atomic mass is 15.2. The molecule has 0 spiro atoms. The van der Waals surface area contributed by atoms with Crippen molar-refractivity contribution >= 4 is 16.3 Å². The summed E-state index contributed by atoms with van der Waals surface area (Å²) >= 11 is 0. The lowest BCUT2D eigenvalue weighted by molar-refractivity contribution is 0.961. The highest BCUT2D eigenvalue weighted by molar-refractivity contribution is 5.81. The number of rotatable bonds is 0. The van der Waals surface area contributed by atoms with Gasteiger partial charge < -0.3 is 4.98 Å². The highest BCUT2D eigenvalue weighted by Gasteiger charge is 1.87. The summed E-state index contributed by atoms with van der Waals surface area (Å²) in [7, 11) is 0. The Morgan fingerprint density at radius 3 is 2.28 bits per heavy atom. The van der Waals surface area contributed by atoms with Crippen molar-refractivity contribution in [2.24, 2.45) is 0 Å². The first-order valence-corrected chi connectivity index (χ1v) is 5.83. The van der Waals surface area contributed by atoms with E-state index in [4.69, 9.17) is 0 Å². The summed E-state index contributed by atoms with van der Waals surface area (Å²) in [5.74, 6) is 0. The van der Waals surface area contributed by atoms with Gasteiger partial charge in [-0.1, -0.05) is 30.3 Å². The average Bonchev–Trinajstić information content (AvgIpc) is 3.08. The van der Waals surface area contributed by atoms with Crippen molar-refractivity contribution in [2.75, 3.05) is 0 Å². The lowest BCUT2D eigenvalue weighted by Crippen LogP contribution is -1.81. The highest BCUT2D eigenvalue weighted by Crippen LogP contribution is 2.10. The fraction of sp³-hybridized carbons (Fsp3) is 0. The van der Waals surface area contributed by atoms with Crippen LogP contribution in [0.1, 0.15) is 0 Å². The predicted octanol–water partition coefficient (Wildman–Crippen LogP) is 3.50. The maximum Gasteiger partial charge on any atom is 0.0661 e. The molecule has 18 heavy (non-hydrogen) atoms. The Morgan fingerprint density at radius 1 is 0.833 bits per heavy atom. The summed E-state index contributed by atoms with van der Waals surface area (Å²) < 4.78 is 1.83. The minimum atomic E-state index is 1.14. The van der Waals surface area contributed by atoms with Crippen molar-refractivity contribution in [3.05, 3.63) is 73.3 Å². The molecular weight excluding hydrogens is 222 g/mol. The van der Waals surface area contributed by atoms with Gasteiger partial charge in [-0.15, -0.1) is 0 Å². The summed E-state index contributed by atoms with van der Waals surface area (Å²) in [5, 5.41) is 6.59. The van der Waals surface area contributed by atoms with Crippen molar-refractivity contribution in [2.45, 2.75) is 0 Å². The molecule has 3 heterocycles. The molecule has 4 rings (SSSR count). The molecule has 0 aliphatic carbocycles. The first kappa shape index (κ1) is 10.6. The second kappa shape index (κ2) is 4.75. The molecule has 1 aromatic carbocycles. The molecule has 3 heteroatoms. The van der Waals surface area contributed by atoms with E-state index < -0.39 is 0 Å². The van der Waals surface area contributed by atoms with Crippen LogP contribution in [0.25, 0.3) is 16.3 Å². The number of aromatic amines is 1. The van der Waals surface area contributed by atoms with Gasteiger partial charge in [0.15, 0.2) is 0 Å². The maximum atomic E-state index is 4.04. The van der Waals surface area contributed by atoms with E-state index in [0.717, 1.165) is 5.52 Å². The van der Waals surface area contributed by atoms with Crippen molar-refractivity contribution < 1.29 is 0 Å². The average molecular weight is 235 g/mol. The predicted molar refractivity (Wildman–Crippen MR) is 73.5 cm³/mol. The molecule has 0 atom stereocenters. The van der Waals surface area contributed by atoms with Gasteiger partial charge in [0.05, 0.1) is 5.52 Å². The topological polar surface area (TPSA) is 33.1 Å². The normalized spacial score (nSPS) is 10.2. The number of benzene rings is 1. The van der Waals surface area contributed by atoms with E-state index in [1.54, 1.807) is 6.20 Å². The summed E-state index contributed by atoms with van der Waals surface area (Å²) in [5.41, 5.74) is 1.14. The zero-order valence-electron chi connectivity index (χ0n) is 9.82. The molecule has 0 saturated carbocycles. The summed E-state index contributed by atoms with van der Waals surface area (Å²) in [4.78, 5) is 3.04. The van der Waals surface area contributed by atoms with Crippen molar-refractivity contribution in [3.8, 4) is 0 Å². The Bertz CT molecular complexity index is 626. The van der Waals surface area contributed by atoms with Gasteiger partial charge in [-0.2, -0.15) is 5.10 Å². The molecule has 3 nitrogen and oxygen atoms in total. The number of aromatic nitrogens is 3. The van der Waals surface area contributed by atoms with Crippen LogP contribution in [-0.2, 0) is 0 Å². The van der Waals surface area contributed by atoms with Gasteiger partial charge in [0.25, 0.3) is 0 Å². The Hall–Kier alpha value is -2.55. The fourth-order valence-corrected chi connectivity index (χ4v) is 1.86. The fourth-order valence-electron chi connectivity index (χ4n) is 1.86. The maximum absolute atomic E-state index is 4.04. The molecule has 4 aromatic rings. The van der Waals surface area contributed by atoms with Gasteiger partial charge in [0.1, 0.15) is 0 Å². The van der Waals surface area contributed by atoms with Crippen LogP contribution in [0, 0.1) is 0 Å². The lowest BCUT2D eigenvalue weighted by atomic mass is 10.2. The Labute approximate surface area is 105 Å². The first-order valence-electron chi connectivity index (χ1n) is 5.83. The van der Waals surface area contributed by atoms with Crippen molar-refractivity contribution in [1.29, 1.82) is 0 Å². The second-order valence-corrected chi connectivity index (χ2v) is 3.99. The van der Waals surface area contributed by atoms with E-state index in [9.17, 15) is 0 Å². The zero-order chi connectivity index (χ0) is 12.2. The van der Waals surface area contributed by atoms with Gasteiger partial charge in [-0.05, 0) is 29.0 Å². The second-order valence-electron chi connectivity index (χ2n) is 3.99. The van der Waals surface area contributed by atoms with E-state index in [-0.39, 0.29) is 0 Å². The van der Waals surface area contributed by atoms with E-state index in [0.29, 0.717) is 0 Å². The molecule has 0 aliphatic rings. The first-order chi connectivity index (χ1) is 8.93. The molecule has 0 aliphatic heterocycles. The summed E-state index contributed by atoms with van der Waals surface area (Å²) in [6, 6.07) is 16.2. The quantitative estimate of drug-likeness (QED) is 0.497. The number of hydrogen-bond acceptors (Lipinski definition) is 1. The molecule has 0 bridgehead atoms. The third kappa shape index (κ3) is 2.11. The zero-order valence-corrected chi connectivity index (χ0v) is 9.82. The van der Waals surface area contributed by atoms with Crippen molar-refractivity contribution in [3.63, 3.8) is 0 Å². The number of nitrogens with one attached hydrogen (secondary N) is 1. The summed E-state index contributed by atoms with van der Waals surface area (Å²) in [6.45, 7) is 0. The molecule has 0 radical (unpaired) electrons. The van der Waals surface area contributed by atoms with Crippen molar-refractivity contribution in [1.82, 2.24) is 14.6 Å². The van der Waals surface area contributed by atoms with Crippen LogP contribution in [0.5, 0.6) is 0 Å². The van der Waals surface area contributed by atoms with Crippen LogP contribution in [0.15, 0.2) is 73.3 Å². The third-order valence-corrected chi connectivity index (χ3v) is 2.78. The smallest absolute Gasteiger partial charge is 0.0661 e.